The lowest BCUT2D eigenvalue weighted by Gasteiger charge is -2.26. The molecule has 1 aliphatic carbocycles. The quantitative estimate of drug-likeness (QED) is 0.915. The number of amides is 1. The van der Waals surface area contributed by atoms with E-state index in [1.165, 1.54) is 6.07 Å². The van der Waals surface area contributed by atoms with Gasteiger partial charge < -0.3 is 10.2 Å². The van der Waals surface area contributed by atoms with E-state index in [1.54, 1.807) is 12.1 Å². The summed E-state index contributed by atoms with van der Waals surface area (Å²) in [6.45, 7) is 0.672. The van der Waals surface area contributed by atoms with Crippen molar-refractivity contribution < 1.29 is 9.18 Å². The van der Waals surface area contributed by atoms with Gasteiger partial charge in [-0.1, -0.05) is 0 Å². The molecular weight excluding hydrogens is 257 g/mol. The molecule has 4 nitrogen and oxygen atoms in total. The third kappa shape index (κ3) is 2.46. The minimum absolute atomic E-state index is 0.00578. The number of carbonyl (C=O) groups is 1. The van der Waals surface area contributed by atoms with Crippen LogP contribution in [0.5, 0.6) is 0 Å². The number of benzene rings is 1. The van der Waals surface area contributed by atoms with Crippen LogP contribution < -0.4 is 10.2 Å². The fourth-order valence-corrected chi connectivity index (χ4v) is 2.66. The van der Waals surface area contributed by atoms with E-state index in [0.717, 1.165) is 25.7 Å². The summed E-state index contributed by atoms with van der Waals surface area (Å²) in [6, 6.07) is 6.35. The number of anilines is 1. The summed E-state index contributed by atoms with van der Waals surface area (Å²) in [7, 11) is 0. The molecule has 0 radical (unpaired) electrons. The van der Waals surface area contributed by atoms with Crippen LogP contribution in [-0.4, -0.2) is 24.5 Å². The van der Waals surface area contributed by atoms with Crippen LogP contribution in [-0.2, 0) is 4.79 Å². The van der Waals surface area contributed by atoms with Gasteiger partial charge in [-0.05, 0) is 43.9 Å². The Morgan fingerprint density at radius 2 is 2.20 bits per heavy atom. The van der Waals surface area contributed by atoms with Crippen LogP contribution in [0.4, 0.5) is 10.1 Å². The van der Waals surface area contributed by atoms with Crippen molar-refractivity contribution in [1.82, 2.24) is 5.32 Å². The number of hydrogen-bond acceptors (Lipinski definition) is 3. The van der Waals surface area contributed by atoms with Gasteiger partial charge in [0.15, 0.2) is 0 Å². The van der Waals surface area contributed by atoms with Crippen molar-refractivity contribution in [2.24, 2.45) is 0 Å². The lowest BCUT2D eigenvalue weighted by molar-refractivity contribution is -0.122. The van der Waals surface area contributed by atoms with Crippen LogP contribution in [0.1, 0.15) is 31.2 Å². The highest BCUT2D eigenvalue weighted by Crippen LogP contribution is 2.29. The fourth-order valence-electron chi connectivity index (χ4n) is 2.66. The molecule has 0 spiro atoms. The van der Waals surface area contributed by atoms with E-state index in [2.05, 4.69) is 5.32 Å². The molecule has 1 saturated carbocycles. The van der Waals surface area contributed by atoms with Crippen LogP contribution in [0, 0.1) is 17.1 Å². The highest BCUT2D eigenvalue weighted by atomic mass is 19.1. The van der Waals surface area contributed by atoms with Crippen LogP contribution in [0.25, 0.3) is 0 Å². The van der Waals surface area contributed by atoms with Gasteiger partial charge in [-0.15, -0.1) is 0 Å². The van der Waals surface area contributed by atoms with Gasteiger partial charge in [0, 0.05) is 12.6 Å². The number of nitriles is 1. The van der Waals surface area contributed by atoms with E-state index in [9.17, 15) is 9.18 Å². The Bertz CT molecular complexity index is 577. The standard InChI is InChI=1S/C15H16FN3O/c16-12-8-10(9-17)3-6-13(12)19-7-1-2-14(19)15(20)18-11-4-5-11/h3,6,8,11,14H,1-2,4-5,7H2,(H,18,20). The Hall–Kier alpha value is -2.09. The first kappa shape index (κ1) is 12.9. The number of nitrogens with zero attached hydrogens (tertiary/aromatic N) is 2. The molecule has 1 unspecified atom stereocenters. The van der Waals surface area contributed by atoms with Crippen LogP contribution in [0.15, 0.2) is 18.2 Å². The minimum atomic E-state index is -0.435. The maximum atomic E-state index is 14.1. The molecule has 1 aromatic rings. The normalized spacial score (nSPS) is 21.6. The third-order valence-corrected chi connectivity index (χ3v) is 3.87. The summed E-state index contributed by atoms with van der Waals surface area (Å²) >= 11 is 0. The molecule has 1 atom stereocenters. The highest BCUT2D eigenvalue weighted by Gasteiger charge is 2.35. The average molecular weight is 273 g/mol. The molecule has 1 heterocycles. The first-order valence-electron chi connectivity index (χ1n) is 6.95. The molecule has 1 aromatic carbocycles. The van der Waals surface area contributed by atoms with Crippen molar-refractivity contribution in [3.63, 3.8) is 0 Å². The van der Waals surface area contributed by atoms with Crippen molar-refractivity contribution in [2.45, 2.75) is 37.8 Å². The number of carbonyl (C=O) groups excluding carboxylic acids is 1. The molecular formula is C15H16FN3O. The van der Waals surface area contributed by atoms with E-state index in [1.807, 2.05) is 11.0 Å². The molecule has 0 bridgehead atoms. The molecule has 2 aliphatic rings. The number of hydrogen-bond donors (Lipinski definition) is 1. The Balaban J connectivity index is 1.80. The molecule has 20 heavy (non-hydrogen) atoms. The summed E-state index contributed by atoms with van der Waals surface area (Å²) in [5.41, 5.74) is 0.710. The fraction of sp³-hybridized carbons (Fsp3) is 0.467. The molecule has 1 saturated heterocycles. The van der Waals surface area contributed by atoms with Crippen molar-refractivity contribution in [1.29, 1.82) is 5.26 Å². The monoisotopic (exact) mass is 273 g/mol. The summed E-state index contributed by atoms with van der Waals surface area (Å²) in [5.74, 6) is -0.441. The summed E-state index contributed by atoms with van der Waals surface area (Å²) < 4.78 is 14.1. The van der Waals surface area contributed by atoms with Gasteiger partial charge in [0.25, 0.3) is 0 Å². The molecule has 1 amide bonds. The van der Waals surface area contributed by atoms with Gasteiger partial charge >= 0.3 is 0 Å². The molecule has 5 heteroatoms. The second kappa shape index (κ2) is 5.12. The van der Waals surface area contributed by atoms with E-state index in [4.69, 9.17) is 5.26 Å². The predicted molar refractivity (Wildman–Crippen MR) is 72.6 cm³/mol. The molecule has 3 rings (SSSR count). The first-order chi connectivity index (χ1) is 9.69. The Kier molecular flexibility index (Phi) is 3.31. The van der Waals surface area contributed by atoms with Crippen LogP contribution in [0.2, 0.25) is 0 Å². The smallest absolute Gasteiger partial charge is 0.242 e. The lowest BCUT2D eigenvalue weighted by Crippen LogP contribution is -2.44. The second-order valence-electron chi connectivity index (χ2n) is 5.41. The zero-order chi connectivity index (χ0) is 14.1. The van der Waals surface area contributed by atoms with Gasteiger partial charge in [0.05, 0.1) is 17.3 Å². The van der Waals surface area contributed by atoms with Crippen molar-refractivity contribution in [2.75, 3.05) is 11.4 Å². The van der Waals surface area contributed by atoms with Gasteiger partial charge in [-0.2, -0.15) is 5.26 Å². The van der Waals surface area contributed by atoms with E-state index in [-0.39, 0.29) is 11.9 Å². The second-order valence-corrected chi connectivity index (χ2v) is 5.41. The topological polar surface area (TPSA) is 56.1 Å². The zero-order valence-corrected chi connectivity index (χ0v) is 11.1. The van der Waals surface area contributed by atoms with E-state index >= 15 is 0 Å². The van der Waals surface area contributed by atoms with Crippen molar-refractivity contribution in [3.05, 3.63) is 29.6 Å². The zero-order valence-electron chi connectivity index (χ0n) is 11.1. The molecule has 0 aromatic heterocycles. The first-order valence-corrected chi connectivity index (χ1v) is 6.95. The highest BCUT2D eigenvalue weighted by molar-refractivity contribution is 5.86. The lowest BCUT2D eigenvalue weighted by atomic mass is 10.1. The maximum absolute atomic E-state index is 14.1. The Morgan fingerprint density at radius 3 is 2.85 bits per heavy atom. The summed E-state index contributed by atoms with van der Waals surface area (Å²) in [6.07, 6.45) is 3.72. The number of nitrogens with one attached hydrogen (secondary N) is 1. The van der Waals surface area contributed by atoms with Crippen molar-refractivity contribution in [3.8, 4) is 6.07 Å². The summed E-state index contributed by atoms with van der Waals surface area (Å²) in [5, 5.41) is 11.8. The number of rotatable bonds is 3. The Labute approximate surface area is 117 Å². The number of halogens is 1. The average Bonchev–Trinajstić information content (AvgIpc) is 3.12. The SMILES string of the molecule is N#Cc1ccc(N2CCCC2C(=O)NC2CC2)c(F)c1. The van der Waals surface area contributed by atoms with E-state index in [0.29, 0.717) is 23.8 Å². The molecule has 1 aliphatic heterocycles. The molecule has 2 fully saturated rings. The van der Waals surface area contributed by atoms with Gasteiger partial charge in [0.1, 0.15) is 11.9 Å². The minimum Gasteiger partial charge on any atom is -0.357 e. The van der Waals surface area contributed by atoms with Crippen molar-refractivity contribution >= 4 is 11.6 Å². The Morgan fingerprint density at radius 1 is 1.40 bits per heavy atom. The van der Waals surface area contributed by atoms with Gasteiger partial charge in [-0.25, -0.2) is 4.39 Å². The molecule has 104 valence electrons. The van der Waals surface area contributed by atoms with Crippen LogP contribution >= 0.6 is 0 Å². The predicted octanol–water partition coefficient (Wildman–Crippen LogP) is 1.94. The van der Waals surface area contributed by atoms with E-state index < -0.39 is 5.82 Å². The summed E-state index contributed by atoms with van der Waals surface area (Å²) in [4.78, 5) is 14.0. The largest absolute Gasteiger partial charge is 0.357 e. The van der Waals surface area contributed by atoms with Gasteiger partial charge in [0.2, 0.25) is 5.91 Å². The third-order valence-electron chi connectivity index (χ3n) is 3.87. The maximum Gasteiger partial charge on any atom is 0.242 e. The van der Waals surface area contributed by atoms with Gasteiger partial charge in [-0.3, -0.25) is 4.79 Å². The van der Waals surface area contributed by atoms with Crippen LogP contribution in [0.3, 0.4) is 0 Å². The molecule has 1 N–H and O–H groups in total.